The van der Waals surface area contributed by atoms with E-state index in [1.807, 2.05) is 24.3 Å². The van der Waals surface area contributed by atoms with Crippen molar-refractivity contribution < 1.29 is 19.1 Å². The number of benzene rings is 1. The lowest BCUT2D eigenvalue weighted by Crippen LogP contribution is -2.31. The Balaban J connectivity index is 1.71. The summed E-state index contributed by atoms with van der Waals surface area (Å²) >= 11 is 12.0. The van der Waals surface area contributed by atoms with Crippen molar-refractivity contribution in [3.05, 3.63) is 76.8 Å². The van der Waals surface area contributed by atoms with Crippen LogP contribution in [0.1, 0.15) is 40.3 Å². The molecule has 0 aliphatic carbocycles. The quantitative estimate of drug-likeness (QED) is 0.361. The predicted octanol–water partition coefficient (Wildman–Crippen LogP) is 4.70. The second-order valence-corrected chi connectivity index (χ2v) is 8.16. The van der Waals surface area contributed by atoms with E-state index in [0.29, 0.717) is 40.4 Å². The summed E-state index contributed by atoms with van der Waals surface area (Å²) in [4.78, 5) is 18.0. The van der Waals surface area contributed by atoms with Gasteiger partial charge in [0.15, 0.2) is 5.11 Å². The van der Waals surface area contributed by atoms with Crippen molar-refractivity contribution in [1.82, 2.24) is 15.2 Å². The monoisotopic (exact) mass is 471 g/mol. The van der Waals surface area contributed by atoms with Crippen molar-refractivity contribution in [2.45, 2.75) is 18.5 Å². The zero-order chi connectivity index (χ0) is 22.7. The van der Waals surface area contributed by atoms with Crippen LogP contribution in [-0.4, -0.2) is 46.3 Å². The third kappa shape index (κ3) is 4.48. The molecule has 0 saturated carbocycles. The molecule has 1 fully saturated rings. The van der Waals surface area contributed by atoms with Gasteiger partial charge in [-0.3, -0.25) is 4.98 Å². The van der Waals surface area contributed by atoms with Crippen molar-refractivity contribution >= 4 is 34.9 Å². The van der Waals surface area contributed by atoms with E-state index in [-0.39, 0.29) is 17.6 Å². The molecule has 7 nitrogen and oxygen atoms in total. The van der Waals surface area contributed by atoms with E-state index >= 15 is 0 Å². The van der Waals surface area contributed by atoms with Crippen LogP contribution >= 0.6 is 23.8 Å². The molecule has 0 radical (unpaired) electrons. The van der Waals surface area contributed by atoms with Gasteiger partial charge in [0.2, 0.25) is 0 Å². The van der Waals surface area contributed by atoms with Gasteiger partial charge in [0.1, 0.15) is 17.6 Å². The maximum Gasteiger partial charge on any atom is 0.335 e. The SMILES string of the molecule is COCCCN1C(=S)N[C@H](c2ccccn2)[C@@H]1c1ccc(-c2cc(C(=O)O)ccc2Cl)o1. The molecule has 0 bridgehead atoms. The minimum atomic E-state index is -1.03. The summed E-state index contributed by atoms with van der Waals surface area (Å²) < 4.78 is 11.4. The summed E-state index contributed by atoms with van der Waals surface area (Å²) in [5.41, 5.74) is 1.50. The molecule has 0 spiro atoms. The van der Waals surface area contributed by atoms with Gasteiger partial charge in [-0.1, -0.05) is 17.7 Å². The van der Waals surface area contributed by atoms with Gasteiger partial charge in [-0.15, -0.1) is 0 Å². The van der Waals surface area contributed by atoms with Gasteiger partial charge < -0.3 is 24.5 Å². The lowest BCUT2D eigenvalue weighted by atomic mass is 10.0. The zero-order valence-electron chi connectivity index (χ0n) is 17.3. The molecule has 2 aromatic heterocycles. The molecule has 1 saturated heterocycles. The first-order chi connectivity index (χ1) is 15.5. The third-order valence-corrected chi connectivity index (χ3v) is 6.02. The van der Waals surface area contributed by atoms with Crippen LogP contribution in [0.4, 0.5) is 0 Å². The first kappa shape index (κ1) is 22.3. The van der Waals surface area contributed by atoms with Crippen molar-refractivity contribution in [1.29, 1.82) is 0 Å². The Hall–Kier alpha value is -2.94. The number of aromatic carboxylic acids is 1. The second-order valence-electron chi connectivity index (χ2n) is 7.37. The van der Waals surface area contributed by atoms with Gasteiger partial charge in [0.05, 0.1) is 22.3 Å². The summed E-state index contributed by atoms with van der Waals surface area (Å²) in [6, 6.07) is 13.5. The van der Waals surface area contributed by atoms with Crippen LogP contribution in [0, 0.1) is 0 Å². The summed E-state index contributed by atoms with van der Waals surface area (Å²) in [5.74, 6) is 0.138. The highest BCUT2D eigenvalue weighted by Crippen LogP contribution is 2.41. The first-order valence-electron chi connectivity index (χ1n) is 10.1. The van der Waals surface area contributed by atoms with Crippen LogP contribution in [0.15, 0.2) is 59.1 Å². The van der Waals surface area contributed by atoms with Gasteiger partial charge in [-0.05, 0) is 61.1 Å². The Kier molecular flexibility index (Phi) is 6.74. The van der Waals surface area contributed by atoms with E-state index in [2.05, 4.69) is 15.2 Å². The molecule has 4 rings (SSSR count). The number of carboxylic acids is 1. The zero-order valence-corrected chi connectivity index (χ0v) is 18.9. The number of ether oxygens (including phenoxy) is 1. The number of hydrogen-bond acceptors (Lipinski definition) is 5. The molecular weight excluding hydrogens is 450 g/mol. The average molecular weight is 472 g/mol. The van der Waals surface area contributed by atoms with E-state index in [1.165, 1.54) is 12.1 Å². The molecular formula is C23H22ClN3O4S. The number of methoxy groups -OCH3 is 1. The number of carbonyl (C=O) groups is 1. The van der Waals surface area contributed by atoms with Crippen LogP contribution in [-0.2, 0) is 4.74 Å². The topological polar surface area (TPSA) is 87.8 Å². The predicted molar refractivity (Wildman–Crippen MR) is 125 cm³/mol. The molecule has 0 amide bonds. The molecule has 0 unspecified atom stereocenters. The molecule has 1 aromatic carbocycles. The number of nitrogens with zero attached hydrogens (tertiary/aromatic N) is 2. The van der Waals surface area contributed by atoms with E-state index < -0.39 is 5.97 Å². The van der Waals surface area contributed by atoms with Crippen molar-refractivity contribution in [2.75, 3.05) is 20.3 Å². The molecule has 1 aliphatic rings. The van der Waals surface area contributed by atoms with Crippen molar-refractivity contribution in [2.24, 2.45) is 0 Å². The van der Waals surface area contributed by atoms with Crippen LogP contribution in [0.3, 0.4) is 0 Å². The smallest absolute Gasteiger partial charge is 0.335 e. The fraction of sp³-hybridized carbons (Fsp3) is 0.261. The first-order valence-corrected chi connectivity index (χ1v) is 10.9. The summed E-state index contributed by atoms with van der Waals surface area (Å²) in [5, 5.41) is 13.7. The van der Waals surface area contributed by atoms with E-state index in [0.717, 1.165) is 12.1 Å². The highest BCUT2D eigenvalue weighted by Gasteiger charge is 2.41. The molecule has 1 aliphatic heterocycles. The molecule has 2 N–H and O–H groups in total. The molecule has 166 valence electrons. The second kappa shape index (κ2) is 9.68. The molecule has 3 aromatic rings. The Morgan fingerprint density at radius 1 is 1.31 bits per heavy atom. The van der Waals surface area contributed by atoms with Gasteiger partial charge in [0.25, 0.3) is 0 Å². The fourth-order valence-electron chi connectivity index (χ4n) is 3.84. The van der Waals surface area contributed by atoms with E-state index in [1.54, 1.807) is 25.4 Å². The standard InChI is InChI=1S/C23H22ClN3O4S/c1-30-12-4-11-27-21(20(26-23(27)32)17-5-2-3-10-25-17)19-9-8-18(31-19)15-13-14(22(28)29)6-7-16(15)24/h2-3,5-10,13,20-21H,4,11-12H2,1H3,(H,26,32)(H,28,29)/t20-,21+/m1/s1. The highest BCUT2D eigenvalue weighted by molar-refractivity contribution is 7.80. The number of rotatable bonds is 8. The van der Waals surface area contributed by atoms with E-state index in [4.69, 9.17) is 33.0 Å². The lowest BCUT2D eigenvalue weighted by molar-refractivity contribution is 0.0697. The van der Waals surface area contributed by atoms with Crippen molar-refractivity contribution in [3.63, 3.8) is 0 Å². The van der Waals surface area contributed by atoms with Crippen LogP contribution in [0.2, 0.25) is 5.02 Å². The Labute approximate surface area is 196 Å². The van der Waals surface area contributed by atoms with Crippen molar-refractivity contribution in [3.8, 4) is 11.3 Å². The Bertz CT molecular complexity index is 1120. The van der Waals surface area contributed by atoms with Crippen LogP contribution in [0.5, 0.6) is 0 Å². The number of thiocarbonyl (C=S) groups is 1. The number of aromatic nitrogens is 1. The van der Waals surface area contributed by atoms with E-state index in [9.17, 15) is 9.90 Å². The van der Waals surface area contributed by atoms with Gasteiger partial charge >= 0.3 is 5.97 Å². The highest BCUT2D eigenvalue weighted by atomic mass is 35.5. The average Bonchev–Trinajstić information content (AvgIpc) is 3.39. The minimum Gasteiger partial charge on any atom is -0.478 e. The molecule has 9 heteroatoms. The molecule has 2 atom stereocenters. The maximum absolute atomic E-state index is 11.4. The summed E-state index contributed by atoms with van der Waals surface area (Å²) in [7, 11) is 1.67. The Morgan fingerprint density at radius 2 is 2.16 bits per heavy atom. The number of nitrogens with one attached hydrogen (secondary N) is 1. The number of pyridine rings is 1. The van der Waals surface area contributed by atoms with Gasteiger partial charge in [0, 0.05) is 32.0 Å². The number of furan rings is 1. The number of carboxylic acid groups (broad SMARTS) is 1. The normalized spacial score (nSPS) is 18.1. The van der Waals surface area contributed by atoms with Crippen LogP contribution < -0.4 is 5.32 Å². The molecule has 32 heavy (non-hydrogen) atoms. The minimum absolute atomic E-state index is 0.138. The third-order valence-electron chi connectivity index (χ3n) is 5.34. The molecule has 3 heterocycles. The van der Waals surface area contributed by atoms with Gasteiger partial charge in [-0.2, -0.15) is 0 Å². The largest absolute Gasteiger partial charge is 0.478 e. The number of halogens is 1. The lowest BCUT2D eigenvalue weighted by Gasteiger charge is -2.26. The van der Waals surface area contributed by atoms with Crippen LogP contribution in [0.25, 0.3) is 11.3 Å². The Morgan fingerprint density at radius 3 is 2.88 bits per heavy atom. The fourth-order valence-corrected chi connectivity index (χ4v) is 4.38. The summed E-state index contributed by atoms with van der Waals surface area (Å²) in [6.45, 7) is 1.29. The van der Waals surface area contributed by atoms with Gasteiger partial charge in [-0.25, -0.2) is 4.79 Å². The maximum atomic E-state index is 11.4. The summed E-state index contributed by atoms with van der Waals surface area (Å²) in [6.07, 6.45) is 2.54. The number of hydrogen-bond donors (Lipinski definition) is 2.